The summed E-state index contributed by atoms with van der Waals surface area (Å²) in [5, 5.41) is 2.89. The first-order valence-electron chi connectivity index (χ1n) is 8.27. The van der Waals surface area contributed by atoms with E-state index in [9.17, 15) is 4.79 Å². The molecule has 0 spiro atoms. The van der Waals surface area contributed by atoms with Gasteiger partial charge in [-0.2, -0.15) is 0 Å². The molecule has 0 bridgehead atoms. The van der Waals surface area contributed by atoms with Crippen LogP contribution in [0.25, 0.3) is 0 Å². The summed E-state index contributed by atoms with van der Waals surface area (Å²) in [6.07, 6.45) is 5.71. The Morgan fingerprint density at radius 2 is 2.21 bits per heavy atom. The molecule has 2 aromatic heterocycles. The fourth-order valence-electron chi connectivity index (χ4n) is 3.51. The summed E-state index contributed by atoms with van der Waals surface area (Å²) in [7, 11) is 0. The predicted octanol–water partition coefficient (Wildman–Crippen LogP) is 2.20. The number of urea groups is 1. The number of carbonyl (C=O) groups is 1. The largest absolute Gasteiger partial charge is 0.352 e. The van der Waals surface area contributed by atoms with Crippen molar-refractivity contribution in [3.63, 3.8) is 0 Å². The Kier molecular flexibility index (Phi) is 3.76. The lowest BCUT2D eigenvalue weighted by molar-refractivity contribution is 0.207. The molecule has 1 saturated heterocycles. The third-order valence-electron chi connectivity index (χ3n) is 4.61. The van der Waals surface area contributed by atoms with Crippen molar-refractivity contribution < 1.29 is 4.79 Å². The number of amides is 2. The first-order valence-corrected chi connectivity index (χ1v) is 8.27. The van der Waals surface area contributed by atoms with Crippen LogP contribution in [0.5, 0.6) is 0 Å². The van der Waals surface area contributed by atoms with Crippen LogP contribution in [-0.2, 0) is 6.54 Å². The van der Waals surface area contributed by atoms with Gasteiger partial charge in [0.1, 0.15) is 17.5 Å². The number of hydrogen-bond acceptors (Lipinski definition) is 5. The molecule has 1 atom stereocenters. The van der Waals surface area contributed by atoms with E-state index < -0.39 is 0 Å². The predicted molar refractivity (Wildman–Crippen MR) is 90.8 cm³/mol. The van der Waals surface area contributed by atoms with Crippen molar-refractivity contribution >= 4 is 17.7 Å². The molecule has 2 aliphatic heterocycles. The number of rotatable bonds is 1. The maximum atomic E-state index is 12.7. The molecule has 0 aliphatic carbocycles. The van der Waals surface area contributed by atoms with E-state index in [2.05, 4.69) is 31.2 Å². The van der Waals surface area contributed by atoms with E-state index >= 15 is 0 Å². The van der Waals surface area contributed by atoms with Crippen molar-refractivity contribution in [2.75, 3.05) is 23.3 Å². The van der Waals surface area contributed by atoms with Gasteiger partial charge in [0.05, 0.1) is 6.54 Å². The minimum absolute atomic E-state index is 0.128. The standard InChI is InChI=1S/C17H20N6O/c1-12-18-8-6-15(20-12)21-17(24)22-10-13-4-2-7-19-16(13)23-9-3-5-14(23)11-22/h2,4,6-8,14H,3,5,9-11H2,1H3,(H,18,20,21,24)/t14-/m1/s1. The number of hydrogen-bond donors (Lipinski definition) is 1. The number of anilines is 2. The fraction of sp³-hybridized carbons (Fsp3) is 0.412. The summed E-state index contributed by atoms with van der Waals surface area (Å²) in [5.74, 6) is 2.19. The van der Waals surface area contributed by atoms with Crippen LogP contribution < -0.4 is 10.2 Å². The Morgan fingerprint density at radius 1 is 1.29 bits per heavy atom. The summed E-state index contributed by atoms with van der Waals surface area (Å²) in [6.45, 7) is 4.08. The quantitative estimate of drug-likeness (QED) is 0.870. The number of nitrogens with zero attached hydrogens (tertiary/aromatic N) is 5. The minimum Gasteiger partial charge on any atom is -0.352 e. The van der Waals surface area contributed by atoms with Crippen LogP contribution in [0.3, 0.4) is 0 Å². The van der Waals surface area contributed by atoms with E-state index in [1.54, 1.807) is 19.2 Å². The average molecular weight is 324 g/mol. The molecule has 0 radical (unpaired) electrons. The number of aryl methyl sites for hydroxylation is 1. The molecule has 24 heavy (non-hydrogen) atoms. The lowest BCUT2D eigenvalue weighted by Gasteiger charge is -2.26. The Bertz CT molecular complexity index is 764. The number of fused-ring (bicyclic) bond motifs is 3. The van der Waals surface area contributed by atoms with Gasteiger partial charge in [0.2, 0.25) is 0 Å². The van der Waals surface area contributed by atoms with Crippen LogP contribution in [0.15, 0.2) is 30.6 Å². The molecule has 0 unspecified atom stereocenters. The molecule has 2 aliphatic rings. The number of nitrogens with one attached hydrogen (secondary N) is 1. The van der Waals surface area contributed by atoms with Crippen LogP contribution in [0.4, 0.5) is 16.4 Å². The van der Waals surface area contributed by atoms with Crippen LogP contribution in [0, 0.1) is 6.92 Å². The van der Waals surface area contributed by atoms with Crippen LogP contribution in [0.2, 0.25) is 0 Å². The highest BCUT2D eigenvalue weighted by molar-refractivity contribution is 5.88. The van der Waals surface area contributed by atoms with E-state index in [1.165, 1.54) is 0 Å². The second-order valence-electron chi connectivity index (χ2n) is 6.28. The third-order valence-corrected chi connectivity index (χ3v) is 4.61. The highest BCUT2D eigenvalue weighted by Gasteiger charge is 2.33. The molecule has 7 heteroatoms. The maximum Gasteiger partial charge on any atom is 0.323 e. The molecule has 4 heterocycles. The molecule has 0 saturated carbocycles. The van der Waals surface area contributed by atoms with Gasteiger partial charge in [-0.15, -0.1) is 0 Å². The van der Waals surface area contributed by atoms with Crippen LogP contribution >= 0.6 is 0 Å². The average Bonchev–Trinajstić information content (AvgIpc) is 2.96. The highest BCUT2D eigenvalue weighted by Crippen LogP contribution is 2.31. The smallest absolute Gasteiger partial charge is 0.323 e. The summed E-state index contributed by atoms with van der Waals surface area (Å²) >= 11 is 0. The van der Waals surface area contributed by atoms with E-state index in [1.807, 2.05) is 17.2 Å². The van der Waals surface area contributed by atoms with Gasteiger partial charge in [0.15, 0.2) is 0 Å². The van der Waals surface area contributed by atoms with Crippen molar-refractivity contribution in [3.05, 3.63) is 42.0 Å². The molecule has 7 nitrogen and oxygen atoms in total. The lowest BCUT2D eigenvalue weighted by atomic mass is 10.2. The minimum atomic E-state index is -0.128. The molecule has 2 amide bonds. The Balaban J connectivity index is 1.58. The molecule has 1 N–H and O–H groups in total. The molecular weight excluding hydrogens is 304 g/mol. The van der Waals surface area contributed by atoms with Gasteiger partial charge >= 0.3 is 6.03 Å². The van der Waals surface area contributed by atoms with Crippen molar-refractivity contribution in [1.82, 2.24) is 19.9 Å². The van der Waals surface area contributed by atoms with Gasteiger partial charge in [-0.1, -0.05) is 6.07 Å². The van der Waals surface area contributed by atoms with E-state index in [4.69, 9.17) is 0 Å². The fourth-order valence-corrected chi connectivity index (χ4v) is 3.51. The molecule has 0 aromatic carbocycles. The zero-order chi connectivity index (χ0) is 16.5. The van der Waals surface area contributed by atoms with E-state index in [0.717, 1.165) is 30.8 Å². The molecule has 124 valence electrons. The van der Waals surface area contributed by atoms with Gasteiger partial charge in [0.25, 0.3) is 0 Å². The number of pyridine rings is 1. The van der Waals surface area contributed by atoms with Crippen molar-refractivity contribution in [2.24, 2.45) is 0 Å². The highest BCUT2D eigenvalue weighted by atomic mass is 16.2. The Hall–Kier alpha value is -2.70. The van der Waals surface area contributed by atoms with Crippen LogP contribution in [-0.4, -0.2) is 45.0 Å². The maximum absolute atomic E-state index is 12.7. The molecule has 1 fully saturated rings. The van der Waals surface area contributed by atoms with Crippen molar-refractivity contribution in [1.29, 1.82) is 0 Å². The van der Waals surface area contributed by atoms with Gasteiger partial charge in [0, 0.05) is 37.1 Å². The molecule has 4 rings (SSSR count). The Labute approximate surface area is 140 Å². The Morgan fingerprint density at radius 3 is 3.08 bits per heavy atom. The van der Waals surface area contributed by atoms with Crippen LogP contribution in [0.1, 0.15) is 24.2 Å². The first kappa shape index (κ1) is 14.9. The number of carbonyl (C=O) groups excluding carboxylic acids is 1. The van der Waals surface area contributed by atoms with E-state index in [0.29, 0.717) is 30.8 Å². The summed E-state index contributed by atoms with van der Waals surface area (Å²) < 4.78 is 0. The summed E-state index contributed by atoms with van der Waals surface area (Å²) in [4.78, 5) is 29.8. The molecule has 2 aromatic rings. The van der Waals surface area contributed by atoms with Gasteiger partial charge in [-0.25, -0.2) is 19.7 Å². The zero-order valence-corrected chi connectivity index (χ0v) is 13.6. The first-order chi connectivity index (χ1) is 11.7. The lowest BCUT2D eigenvalue weighted by Crippen LogP contribution is -2.42. The topological polar surface area (TPSA) is 74.2 Å². The molecular formula is C17H20N6O. The second kappa shape index (κ2) is 6.07. The van der Waals surface area contributed by atoms with Gasteiger partial charge in [-0.05, 0) is 31.9 Å². The summed E-state index contributed by atoms with van der Waals surface area (Å²) in [5.41, 5.74) is 1.09. The van der Waals surface area contributed by atoms with Gasteiger partial charge in [-0.3, -0.25) is 5.32 Å². The number of aromatic nitrogens is 3. The third kappa shape index (κ3) is 2.77. The second-order valence-corrected chi connectivity index (χ2v) is 6.28. The normalized spacial score (nSPS) is 19.5. The van der Waals surface area contributed by atoms with E-state index in [-0.39, 0.29) is 6.03 Å². The van der Waals surface area contributed by atoms with Crippen molar-refractivity contribution in [2.45, 2.75) is 32.4 Å². The SMILES string of the molecule is Cc1nccc(NC(=O)N2Cc3cccnc3N3CCC[C@@H]3C2)n1. The van der Waals surface area contributed by atoms with Gasteiger partial charge < -0.3 is 9.80 Å². The monoisotopic (exact) mass is 324 g/mol. The summed E-state index contributed by atoms with van der Waals surface area (Å²) in [6, 6.07) is 5.90. The van der Waals surface area contributed by atoms with Crippen molar-refractivity contribution in [3.8, 4) is 0 Å². The zero-order valence-electron chi connectivity index (χ0n) is 13.6.